The Kier molecular flexibility index (Phi) is 3.31. The van der Waals surface area contributed by atoms with Crippen molar-refractivity contribution < 1.29 is 22.0 Å². The fraction of sp³-hybridized carbons (Fsp3) is 0.500. The Hall–Kier alpha value is -1.17. The second-order valence-electron chi connectivity index (χ2n) is 4.54. The molecule has 0 aliphatic heterocycles. The van der Waals surface area contributed by atoms with Crippen LogP contribution in [0.15, 0.2) is 24.3 Å². The molecule has 0 amide bonds. The fourth-order valence-electron chi connectivity index (χ4n) is 1.88. The van der Waals surface area contributed by atoms with Gasteiger partial charge < -0.3 is 5.32 Å². The number of nitrogens with one attached hydrogen (secondary N) is 1. The third-order valence-electron chi connectivity index (χ3n) is 2.97. The highest BCUT2D eigenvalue weighted by molar-refractivity contribution is 5.24. The second kappa shape index (κ2) is 4.50. The molecule has 0 atom stereocenters. The first-order valence-electron chi connectivity index (χ1n) is 5.54. The number of rotatable bonds is 3. The maximum absolute atomic E-state index is 12.5. The number of hydrogen-bond donors (Lipinski definition) is 1. The molecule has 0 radical (unpaired) electrons. The van der Waals surface area contributed by atoms with E-state index < -0.39 is 17.7 Å². The fourth-order valence-corrected chi connectivity index (χ4v) is 1.88. The summed E-state index contributed by atoms with van der Waals surface area (Å²) in [7, 11) is 0. The minimum absolute atomic E-state index is 0.201. The average Bonchev–Trinajstić information content (AvgIpc) is 2.22. The van der Waals surface area contributed by atoms with Crippen molar-refractivity contribution in [2.24, 2.45) is 0 Å². The minimum Gasteiger partial charge on any atom is -0.309 e. The lowest BCUT2D eigenvalue weighted by atomic mass is 9.88. The first-order chi connectivity index (χ1) is 8.26. The van der Waals surface area contributed by atoms with E-state index in [1.807, 2.05) is 0 Å². The standard InChI is InChI=1S/C12H12F5N/c13-11(14)5-10(6-11)18-7-8-1-3-9(4-2-8)12(15,16)17/h1-4,10,18H,5-7H2. The smallest absolute Gasteiger partial charge is 0.309 e. The van der Waals surface area contributed by atoms with E-state index in [9.17, 15) is 22.0 Å². The quantitative estimate of drug-likeness (QED) is 0.823. The average molecular weight is 265 g/mol. The lowest BCUT2D eigenvalue weighted by molar-refractivity contribution is -0.137. The van der Waals surface area contributed by atoms with Crippen LogP contribution in [0.1, 0.15) is 24.0 Å². The lowest BCUT2D eigenvalue weighted by Gasteiger charge is -2.35. The van der Waals surface area contributed by atoms with Crippen molar-refractivity contribution in [1.29, 1.82) is 0 Å². The molecule has 0 aromatic heterocycles. The molecule has 1 aliphatic carbocycles. The van der Waals surface area contributed by atoms with E-state index in [1.54, 1.807) is 0 Å². The van der Waals surface area contributed by atoms with Gasteiger partial charge in [-0.05, 0) is 17.7 Å². The molecule has 1 aliphatic rings. The maximum atomic E-state index is 12.5. The zero-order chi connectivity index (χ0) is 13.4. The highest BCUT2D eigenvalue weighted by Crippen LogP contribution is 2.37. The normalized spacial score (nSPS) is 19.6. The van der Waals surface area contributed by atoms with Gasteiger partial charge >= 0.3 is 6.18 Å². The predicted octanol–water partition coefficient (Wildman–Crippen LogP) is 3.59. The van der Waals surface area contributed by atoms with Gasteiger partial charge in [0, 0.05) is 25.4 Å². The van der Waals surface area contributed by atoms with E-state index >= 15 is 0 Å². The van der Waals surface area contributed by atoms with Gasteiger partial charge in [0.05, 0.1) is 5.56 Å². The van der Waals surface area contributed by atoms with Crippen molar-refractivity contribution in [3.8, 4) is 0 Å². The Bertz CT molecular complexity index is 401. The number of hydrogen-bond acceptors (Lipinski definition) is 1. The first-order valence-corrected chi connectivity index (χ1v) is 5.54. The largest absolute Gasteiger partial charge is 0.416 e. The summed E-state index contributed by atoms with van der Waals surface area (Å²) in [6, 6.07) is 4.44. The van der Waals surface area contributed by atoms with E-state index in [-0.39, 0.29) is 18.9 Å². The zero-order valence-electron chi connectivity index (χ0n) is 9.40. The molecule has 0 saturated heterocycles. The lowest BCUT2D eigenvalue weighted by Crippen LogP contribution is -2.48. The molecule has 6 heteroatoms. The van der Waals surface area contributed by atoms with Crippen LogP contribution in [0.4, 0.5) is 22.0 Å². The Labute approximate surface area is 101 Å². The number of alkyl halides is 5. The van der Waals surface area contributed by atoms with Crippen LogP contribution in [0.25, 0.3) is 0 Å². The van der Waals surface area contributed by atoms with Gasteiger partial charge in [-0.2, -0.15) is 13.2 Å². The molecule has 0 bridgehead atoms. The first kappa shape index (κ1) is 13.3. The van der Waals surface area contributed by atoms with E-state index in [0.29, 0.717) is 12.1 Å². The monoisotopic (exact) mass is 265 g/mol. The van der Waals surface area contributed by atoms with Crippen LogP contribution in [0.2, 0.25) is 0 Å². The van der Waals surface area contributed by atoms with Crippen molar-refractivity contribution in [2.45, 2.75) is 37.5 Å². The molecule has 0 spiro atoms. The molecular weight excluding hydrogens is 253 g/mol. The molecule has 100 valence electrons. The summed E-state index contributed by atoms with van der Waals surface area (Å²) >= 11 is 0. The highest BCUT2D eigenvalue weighted by Gasteiger charge is 2.44. The van der Waals surface area contributed by atoms with E-state index in [0.717, 1.165) is 12.1 Å². The van der Waals surface area contributed by atoms with Gasteiger partial charge in [0.15, 0.2) is 0 Å². The van der Waals surface area contributed by atoms with E-state index in [1.165, 1.54) is 12.1 Å². The maximum Gasteiger partial charge on any atom is 0.416 e. The summed E-state index contributed by atoms with van der Waals surface area (Å²) in [4.78, 5) is 0. The molecule has 1 aromatic carbocycles. The molecule has 0 heterocycles. The predicted molar refractivity (Wildman–Crippen MR) is 56.3 cm³/mol. The number of benzene rings is 1. The van der Waals surface area contributed by atoms with Gasteiger partial charge in [-0.1, -0.05) is 12.1 Å². The van der Waals surface area contributed by atoms with Crippen molar-refractivity contribution in [2.75, 3.05) is 0 Å². The molecule has 1 nitrogen and oxygen atoms in total. The van der Waals surface area contributed by atoms with Crippen LogP contribution in [0.5, 0.6) is 0 Å². The van der Waals surface area contributed by atoms with Crippen molar-refractivity contribution in [3.05, 3.63) is 35.4 Å². The van der Waals surface area contributed by atoms with Crippen molar-refractivity contribution in [1.82, 2.24) is 5.32 Å². The Balaban J connectivity index is 1.84. The molecule has 1 N–H and O–H groups in total. The SMILES string of the molecule is FC1(F)CC(NCc2ccc(C(F)(F)F)cc2)C1. The number of halogens is 5. The molecule has 0 unspecified atom stereocenters. The molecule has 1 fully saturated rings. The van der Waals surface area contributed by atoms with Gasteiger partial charge in [-0.15, -0.1) is 0 Å². The minimum atomic E-state index is -4.35. The van der Waals surface area contributed by atoms with Crippen molar-refractivity contribution >= 4 is 0 Å². The molecule has 1 aromatic rings. The van der Waals surface area contributed by atoms with Gasteiger partial charge in [0.1, 0.15) is 0 Å². The third kappa shape index (κ3) is 3.19. The Morgan fingerprint density at radius 1 is 1.11 bits per heavy atom. The summed E-state index contributed by atoms with van der Waals surface area (Å²) in [6.07, 6.45) is -4.75. The second-order valence-corrected chi connectivity index (χ2v) is 4.54. The summed E-state index contributed by atoms with van der Waals surface area (Å²) in [6.45, 7) is 0.304. The van der Waals surface area contributed by atoms with Gasteiger partial charge in [0.25, 0.3) is 5.92 Å². The van der Waals surface area contributed by atoms with Crippen LogP contribution >= 0.6 is 0 Å². The van der Waals surface area contributed by atoms with E-state index in [2.05, 4.69) is 5.32 Å². The summed E-state index contributed by atoms with van der Waals surface area (Å²) in [5.74, 6) is -2.59. The van der Waals surface area contributed by atoms with Gasteiger partial charge in [0.2, 0.25) is 0 Å². The zero-order valence-corrected chi connectivity index (χ0v) is 9.40. The van der Waals surface area contributed by atoms with Crippen LogP contribution in [0.3, 0.4) is 0 Å². The summed E-state index contributed by atoms with van der Waals surface area (Å²) in [5.41, 5.74) is -0.0559. The van der Waals surface area contributed by atoms with Crippen LogP contribution in [-0.4, -0.2) is 12.0 Å². The Morgan fingerprint density at radius 2 is 1.67 bits per heavy atom. The van der Waals surface area contributed by atoms with E-state index in [4.69, 9.17) is 0 Å². The molecule has 18 heavy (non-hydrogen) atoms. The summed E-state index contributed by atoms with van der Waals surface area (Å²) < 4.78 is 61.9. The molecular formula is C12H12F5N. The van der Waals surface area contributed by atoms with Crippen LogP contribution in [0, 0.1) is 0 Å². The van der Waals surface area contributed by atoms with Gasteiger partial charge in [-0.25, -0.2) is 8.78 Å². The Morgan fingerprint density at radius 3 is 2.11 bits per heavy atom. The van der Waals surface area contributed by atoms with Gasteiger partial charge in [-0.3, -0.25) is 0 Å². The van der Waals surface area contributed by atoms with Crippen LogP contribution < -0.4 is 5.32 Å². The van der Waals surface area contributed by atoms with Crippen LogP contribution in [-0.2, 0) is 12.7 Å². The van der Waals surface area contributed by atoms with Crippen molar-refractivity contribution in [3.63, 3.8) is 0 Å². The topological polar surface area (TPSA) is 12.0 Å². The summed E-state index contributed by atoms with van der Waals surface area (Å²) in [5, 5.41) is 2.89. The molecule has 1 saturated carbocycles. The molecule has 2 rings (SSSR count). The third-order valence-corrected chi connectivity index (χ3v) is 2.97. The highest BCUT2D eigenvalue weighted by atomic mass is 19.4.